The van der Waals surface area contributed by atoms with Crippen LogP contribution < -0.4 is 4.90 Å². The standard InChI is InChI=1S/C45H47ClN2O8S2/c1-44(2)38(47(23-9-25-57(51,52)53)36-19-15-29-11-5-7-13-34(29)40(36)44)21-17-31-27-33(43(49)50)28-32(42(31)46)18-22-39-45(3,4)41-35-14-8-6-12-30(35)16-20-37(41)48(39)24-10-26-58(54,55)56/h5-8,11-22,33H,9-10,23-28H2,1-4H3,(H2-,49,50,51,52,53,54,55,56)/p+1. The van der Waals surface area contributed by atoms with E-state index in [1.807, 2.05) is 72.8 Å². The first-order valence-corrected chi connectivity index (χ1v) is 23.0. The Hall–Kier alpha value is -4.59. The molecule has 0 aromatic heterocycles. The second-order valence-electron chi connectivity index (χ2n) is 16.4. The fourth-order valence-corrected chi connectivity index (χ4v) is 10.4. The van der Waals surface area contributed by atoms with Gasteiger partial charge in [0.1, 0.15) is 6.54 Å². The Morgan fingerprint density at radius 3 is 2.03 bits per heavy atom. The Morgan fingerprint density at radius 1 is 0.793 bits per heavy atom. The van der Waals surface area contributed by atoms with Gasteiger partial charge in [0.25, 0.3) is 20.2 Å². The minimum absolute atomic E-state index is 0.188. The highest BCUT2D eigenvalue weighted by molar-refractivity contribution is 7.86. The summed E-state index contributed by atoms with van der Waals surface area (Å²) in [5.74, 6) is -2.47. The van der Waals surface area contributed by atoms with Crippen molar-refractivity contribution in [2.45, 2.75) is 64.2 Å². The van der Waals surface area contributed by atoms with Gasteiger partial charge in [-0.2, -0.15) is 21.4 Å². The number of halogens is 1. The minimum atomic E-state index is -4.17. The van der Waals surface area contributed by atoms with Gasteiger partial charge in [-0.05, 0) is 89.6 Å². The van der Waals surface area contributed by atoms with Crippen LogP contribution in [0.15, 0.2) is 119 Å². The molecule has 0 amide bonds. The number of allylic oxidation sites excluding steroid dienone is 8. The van der Waals surface area contributed by atoms with Crippen LogP contribution >= 0.6 is 11.6 Å². The van der Waals surface area contributed by atoms with Crippen LogP contribution in [0.3, 0.4) is 0 Å². The molecule has 0 radical (unpaired) electrons. The lowest BCUT2D eigenvalue weighted by molar-refractivity contribution is -0.437. The van der Waals surface area contributed by atoms with E-state index in [1.54, 1.807) is 0 Å². The average molecular weight is 844 g/mol. The van der Waals surface area contributed by atoms with Crippen LogP contribution in [0.5, 0.6) is 0 Å². The van der Waals surface area contributed by atoms with E-state index in [2.05, 4.69) is 61.4 Å². The molecule has 1 unspecified atom stereocenters. The molecule has 2 aliphatic heterocycles. The van der Waals surface area contributed by atoms with Crippen molar-refractivity contribution in [1.82, 2.24) is 0 Å². The van der Waals surface area contributed by atoms with Crippen molar-refractivity contribution in [2.24, 2.45) is 5.92 Å². The van der Waals surface area contributed by atoms with E-state index in [9.17, 15) is 35.8 Å². The van der Waals surface area contributed by atoms with Crippen LogP contribution in [0.4, 0.5) is 11.4 Å². The molecule has 1 aliphatic carbocycles. The fraction of sp³-hybridized carbons (Fsp3) is 0.333. The topological polar surface area (TPSA) is 152 Å². The number of nitrogens with zero attached hydrogens (tertiary/aromatic N) is 2. The normalized spacial score (nSPS) is 20.6. The summed E-state index contributed by atoms with van der Waals surface area (Å²) in [6, 6.07) is 24.4. The molecule has 0 saturated heterocycles. The molecule has 3 N–H and O–H groups in total. The lowest BCUT2D eigenvalue weighted by Gasteiger charge is -2.28. The Kier molecular flexibility index (Phi) is 11.1. The van der Waals surface area contributed by atoms with Gasteiger partial charge in [-0.1, -0.05) is 92.2 Å². The van der Waals surface area contributed by atoms with Gasteiger partial charge in [0.05, 0.1) is 22.8 Å². The number of hydrogen-bond donors (Lipinski definition) is 3. The lowest BCUT2D eigenvalue weighted by Crippen LogP contribution is -2.28. The van der Waals surface area contributed by atoms with Gasteiger partial charge in [-0.25, -0.2) is 0 Å². The van der Waals surface area contributed by atoms with Crippen molar-refractivity contribution in [3.63, 3.8) is 0 Å². The van der Waals surface area contributed by atoms with Gasteiger partial charge in [0.2, 0.25) is 5.69 Å². The molecule has 3 aliphatic rings. The maximum atomic E-state index is 12.6. The van der Waals surface area contributed by atoms with Gasteiger partial charge in [-0.15, -0.1) is 0 Å². The number of fused-ring (bicyclic) bond motifs is 6. The van der Waals surface area contributed by atoms with Crippen molar-refractivity contribution in [2.75, 3.05) is 29.5 Å². The van der Waals surface area contributed by atoms with E-state index in [4.69, 9.17) is 11.6 Å². The second-order valence-corrected chi connectivity index (χ2v) is 20.0. The third kappa shape index (κ3) is 8.05. The fourth-order valence-electron chi connectivity index (χ4n) is 9.17. The zero-order chi connectivity index (χ0) is 41.8. The third-order valence-electron chi connectivity index (χ3n) is 11.8. The molecule has 7 rings (SSSR count). The third-order valence-corrected chi connectivity index (χ3v) is 13.9. The van der Waals surface area contributed by atoms with E-state index in [-0.39, 0.29) is 37.2 Å². The quantitative estimate of drug-likeness (QED) is 0.0937. The number of anilines is 1. The first kappa shape index (κ1) is 41.6. The number of benzene rings is 4. The van der Waals surface area contributed by atoms with E-state index >= 15 is 0 Å². The zero-order valence-electron chi connectivity index (χ0n) is 32.9. The summed E-state index contributed by atoms with van der Waals surface area (Å²) in [5.41, 5.74) is 6.05. The number of carboxylic acids is 1. The Balaban J connectivity index is 1.31. The zero-order valence-corrected chi connectivity index (χ0v) is 35.3. The van der Waals surface area contributed by atoms with Crippen molar-refractivity contribution < 1.29 is 40.4 Å². The van der Waals surface area contributed by atoms with Crippen LogP contribution in [0.1, 0.15) is 64.5 Å². The molecule has 0 spiro atoms. The van der Waals surface area contributed by atoms with E-state index in [1.165, 1.54) is 0 Å². The number of hydrogen-bond acceptors (Lipinski definition) is 6. The van der Waals surface area contributed by atoms with E-state index in [0.717, 1.165) is 55.5 Å². The van der Waals surface area contributed by atoms with Crippen LogP contribution in [-0.2, 0) is 35.9 Å². The van der Waals surface area contributed by atoms with Gasteiger partial charge in [-0.3, -0.25) is 13.9 Å². The minimum Gasteiger partial charge on any atom is -0.481 e. The summed E-state index contributed by atoms with van der Waals surface area (Å²) in [4.78, 5) is 14.7. The monoisotopic (exact) mass is 843 g/mol. The summed E-state index contributed by atoms with van der Waals surface area (Å²) >= 11 is 7.22. The number of carboxylic acid groups (broad SMARTS) is 1. The van der Waals surface area contributed by atoms with Crippen LogP contribution in [-0.4, -0.2) is 71.9 Å². The van der Waals surface area contributed by atoms with Gasteiger partial charge in [0.15, 0.2) is 5.71 Å². The van der Waals surface area contributed by atoms with E-state index in [0.29, 0.717) is 29.3 Å². The second kappa shape index (κ2) is 15.5. The van der Waals surface area contributed by atoms with Crippen molar-refractivity contribution in [1.29, 1.82) is 0 Å². The van der Waals surface area contributed by atoms with Crippen LogP contribution in [0.2, 0.25) is 0 Å². The molecule has 1 atom stereocenters. The maximum absolute atomic E-state index is 12.6. The average Bonchev–Trinajstić information content (AvgIpc) is 3.51. The van der Waals surface area contributed by atoms with Crippen molar-refractivity contribution in [3.8, 4) is 0 Å². The highest BCUT2D eigenvalue weighted by atomic mass is 35.5. The smallest absolute Gasteiger partial charge is 0.307 e. The molecule has 0 saturated carbocycles. The summed E-state index contributed by atoms with van der Waals surface area (Å²) in [6.45, 7) is 9.10. The number of rotatable bonds is 12. The maximum Gasteiger partial charge on any atom is 0.307 e. The first-order valence-electron chi connectivity index (χ1n) is 19.4. The predicted molar refractivity (Wildman–Crippen MR) is 232 cm³/mol. The summed E-state index contributed by atoms with van der Waals surface area (Å²) < 4.78 is 68.0. The lowest BCUT2D eigenvalue weighted by atomic mass is 9.78. The highest BCUT2D eigenvalue weighted by Crippen LogP contribution is 2.51. The first-order chi connectivity index (χ1) is 27.3. The van der Waals surface area contributed by atoms with Crippen LogP contribution in [0, 0.1) is 5.92 Å². The van der Waals surface area contributed by atoms with Gasteiger partial charge in [0, 0.05) is 52.5 Å². The Morgan fingerprint density at radius 2 is 1.40 bits per heavy atom. The molecule has 304 valence electrons. The summed E-state index contributed by atoms with van der Waals surface area (Å²) in [5, 5.41) is 15.1. The van der Waals surface area contributed by atoms with Gasteiger partial charge < -0.3 is 10.0 Å². The molecule has 13 heteroatoms. The Labute approximate surface area is 345 Å². The summed E-state index contributed by atoms with van der Waals surface area (Å²) in [7, 11) is -8.35. The SMILES string of the molecule is CC1(C)C(/C=C/C2=C(Cl)C(=C/C=C3/N(CCCS(=O)(=O)O)c4ccc5ccccc5c4C3(C)C)/CC(C(=O)O)C2)=[N+](CCCS(=O)(=O)O)c2ccc3ccccc3c21. The molecule has 4 aromatic carbocycles. The predicted octanol–water partition coefficient (Wildman–Crippen LogP) is 9.08. The van der Waals surface area contributed by atoms with Crippen molar-refractivity contribution >= 4 is 76.4 Å². The largest absolute Gasteiger partial charge is 0.481 e. The van der Waals surface area contributed by atoms with Crippen molar-refractivity contribution in [3.05, 3.63) is 130 Å². The van der Waals surface area contributed by atoms with Gasteiger partial charge >= 0.3 is 5.97 Å². The Bertz CT molecular complexity index is 2740. The molecule has 10 nitrogen and oxygen atoms in total. The molecular formula is C45H48ClN2O8S2+. The molecule has 2 heterocycles. The molecule has 4 aromatic rings. The number of aliphatic carboxylic acids is 1. The van der Waals surface area contributed by atoms with E-state index < -0.39 is 43.0 Å². The molecule has 0 fully saturated rings. The summed E-state index contributed by atoms with van der Waals surface area (Å²) in [6.07, 6.45) is 8.45. The molecule has 0 bridgehead atoms. The molecular weight excluding hydrogens is 796 g/mol. The highest BCUT2D eigenvalue weighted by Gasteiger charge is 2.46. The molecule has 58 heavy (non-hydrogen) atoms. The van der Waals surface area contributed by atoms with Crippen LogP contribution in [0.25, 0.3) is 21.5 Å². The number of carbonyl (C=O) groups is 1.